The summed E-state index contributed by atoms with van der Waals surface area (Å²) < 4.78 is 7.86. The zero-order chi connectivity index (χ0) is 30.0. The second kappa shape index (κ2) is 11.9. The van der Waals surface area contributed by atoms with Crippen molar-refractivity contribution in [2.75, 3.05) is 51.6 Å². The van der Waals surface area contributed by atoms with E-state index in [2.05, 4.69) is 33.2 Å². The highest BCUT2D eigenvalue weighted by atomic mass is 16.6. The number of nitrogens with one attached hydrogen (secondary N) is 1. The minimum Gasteiger partial charge on any atom is -0.494 e. The Balaban J connectivity index is 1.59. The number of likely N-dealkylation sites (N-methyl/N-ethyl adjacent to an activating group) is 2. The maximum Gasteiger partial charge on any atom is 0.294 e. The summed E-state index contributed by atoms with van der Waals surface area (Å²) in [5, 5.41) is 16.3. The Morgan fingerprint density at radius 1 is 1.26 bits per heavy atom. The molecule has 0 aliphatic carbocycles. The van der Waals surface area contributed by atoms with Crippen LogP contribution in [0.4, 0.5) is 23.0 Å². The topological polar surface area (TPSA) is 145 Å². The number of hydrogen-bond acceptors (Lipinski definition) is 9. The number of aryl methyl sites for hydroxylation is 2. The van der Waals surface area contributed by atoms with Crippen LogP contribution in [0.25, 0.3) is 28.2 Å². The van der Waals surface area contributed by atoms with Crippen molar-refractivity contribution in [2.45, 2.75) is 19.4 Å². The molecule has 0 atom stereocenters. The Hall–Kier alpha value is -4.97. The summed E-state index contributed by atoms with van der Waals surface area (Å²) in [6.07, 6.45) is 8.59. The monoisotopic (exact) mass is 570 g/mol. The van der Waals surface area contributed by atoms with E-state index in [4.69, 9.17) is 15.5 Å². The summed E-state index contributed by atoms with van der Waals surface area (Å²) >= 11 is 0. The van der Waals surface area contributed by atoms with E-state index in [1.54, 1.807) is 18.3 Å². The van der Waals surface area contributed by atoms with Gasteiger partial charge in [0.15, 0.2) is 0 Å². The van der Waals surface area contributed by atoms with Crippen molar-refractivity contribution in [3.8, 4) is 17.0 Å². The third-order valence-corrected chi connectivity index (χ3v) is 7.36. The van der Waals surface area contributed by atoms with Gasteiger partial charge in [0.1, 0.15) is 11.4 Å². The van der Waals surface area contributed by atoms with Crippen molar-refractivity contribution in [3.63, 3.8) is 0 Å². The molecule has 1 aliphatic rings. The molecule has 0 unspecified atom stereocenters. The second-order valence-corrected chi connectivity index (χ2v) is 10.5. The number of primary amides is 1. The number of nitro groups is 1. The fourth-order valence-corrected chi connectivity index (χ4v) is 5.27. The van der Waals surface area contributed by atoms with Gasteiger partial charge in [-0.3, -0.25) is 14.9 Å². The lowest BCUT2D eigenvalue weighted by Crippen LogP contribution is -2.28. The Labute approximate surface area is 243 Å². The zero-order valence-corrected chi connectivity index (χ0v) is 24.1. The van der Waals surface area contributed by atoms with E-state index < -0.39 is 10.8 Å². The van der Waals surface area contributed by atoms with Crippen LogP contribution in [0.3, 0.4) is 0 Å². The normalized spacial score (nSPS) is 12.7. The number of ether oxygens (including phenoxy) is 1. The van der Waals surface area contributed by atoms with Gasteiger partial charge in [-0.1, -0.05) is 18.2 Å². The maximum absolute atomic E-state index is 12.1. The smallest absolute Gasteiger partial charge is 0.294 e. The van der Waals surface area contributed by atoms with E-state index in [9.17, 15) is 14.9 Å². The highest BCUT2D eigenvalue weighted by Gasteiger charge is 2.24. The van der Waals surface area contributed by atoms with E-state index in [1.807, 2.05) is 37.0 Å². The number of hydrogen-bond donors (Lipinski definition) is 2. The molecule has 0 saturated carbocycles. The van der Waals surface area contributed by atoms with Gasteiger partial charge >= 0.3 is 0 Å². The van der Waals surface area contributed by atoms with Gasteiger partial charge in [-0.2, -0.15) is 0 Å². The van der Waals surface area contributed by atoms with Crippen molar-refractivity contribution in [2.24, 2.45) is 5.73 Å². The number of nitro benzene ring substituents is 1. The van der Waals surface area contributed by atoms with Gasteiger partial charge < -0.3 is 30.2 Å². The molecule has 0 bridgehead atoms. The number of carbonyl (C=O) groups excluding carboxylic acids is 1. The number of methoxy groups -OCH3 is 1. The van der Waals surface area contributed by atoms with Crippen LogP contribution >= 0.6 is 0 Å². The van der Waals surface area contributed by atoms with E-state index >= 15 is 0 Å². The number of rotatable bonds is 11. The predicted molar refractivity (Wildman–Crippen MR) is 164 cm³/mol. The van der Waals surface area contributed by atoms with Crippen LogP contribution in [-0.4, -0.2) is 71.6 Å². The first kappa shape index (κ1) is 28.6. The van der Waals surface area contributed by atoms with Crippen molar-refractivity contribution >= 4 is 45.9 Å². The highest BCUT2D eigenvalue weighted by molar-refractivity contribution is 6.00. The molecule has 0 fully saturated rings. The Bertz CT molecular complexity index is 1690. The number of nitrogens with zero attached hydrogens (tertiary/aromatic N) is 6. The Morgan fingerprint density at radius 2 is 2.07 bits per heavy atom. The lowest BCUT2D eigenvalue weighted by molar-refractivity contribution is -0.384. The van der Waals surface area contributed by atoms with Gasteiger partial charge in [-0.25, -0.2) is 9.97 Å². The van der Waals surface area contributed by atoms with Crippen LogP contribution in [0.15, 0.2) is 48.8 Å². The van der Waals surface area contributed by atoms with Gasteiger partial charge in [0.25, 0.3) is 5.69 Å². The first-order valence-corrected chi connectivity index (χ1v) is 13.6. The van der Waals surface area contributed by atoms with Gasteiger partial charge in [-0.15, -0.1) is 0 Å². The molecular formula is C30H34N8O4. The minimum absolute atomic E-state index is 0.0743. The number of amides is 1. The van der Waals surface area contributed by atoms with Crippen molar-refractivity contribution in [3.05, 3.63) is 70.0 Å². The molecular weight excluding hydrogens is 536 g/mol. The summed E-state index contributed by atoms with van der Waals surface area (Å²) in [6.45, 7) is 2.21. The van der Waals surface area contributed by atoms with Crippen molar-refractivity contribution in [1.82, 2.24) is 19.4 Å². The van der Waals surface area contributed by atoms with E-state index in [0.29, 0.717) is 34.9 Å². The quantitative estimate of drug-likeness (QED) is 0.154. The average Bonchev–Trinajstić information content (AvgIpc) is 3.35. The number of benzene rings is 2. The van der Waals surface area contributed by atoms with Crippen LogP contribution in [0.5, 0.6) is 5.75 Å². The SMILES string of the molecule is COc1cc(N(C)CCN(C)C)c([N+](=O)[O-])cc1Nc1ncc(/C=C/C(N)=O)c(-c2cn3c4c(cccc24)CCC3)n1. The highest BCUT2D eigenvalue weighted by Crippen LogP contribution is 2.40. The Morgan fingerprint density at radius 3 is 2.79 bits per heavy atom. The molecule has 4 aromatic rings. The number of nitrogens with two attached hydrogens (primary N) is 1. The van der Waals surface area contributed by atoms with Gasteiger partial charge in [0.2, 0.25) is 11.9 Å². The molecule has 42 heavy (non-hydrogen) atoms. The summed E-state index contributed by atoms with van der Waals surface area (Å²) in [4.78, 5) is 36.4. The maximum atomic E-state index is 12.1. The molecule has 0 saturated heterocycles. The van der Waals surface area contributed by atoms with Crippen LogP contribution in [0.1, 0.15) is 17.5 Å². The number of carbonyl (C=O) groups is 1. The predicted octanol–water partition coefficient (Wildman–Crippen LogP) is 4.20. The van der Waals surface area contributed by atoms with E-state index in [1.165, 1.54) is 30.3 Å². The van der Waals surface area contributed by atoms with E-state index in [-0.39, 0.29) is 11.6 Å². The lowest BCUT2D eigenvalue weighted by Gasteiger charge is -2.22. The van der Waals surface area contributed by atoms with Crippen LogP contribution in [-0.2, 0) is 17.8 Å². The summed E-state index contributed by atoms with van der Waals surface area (Å²) in [5.41, 5.74) is 10.6. The van der Waals surface area contributed by atoms with Gasteiger partial charge in [0, 0.05) is 73.8 Å². The second-order valence-electron chi connectivity index (χ2n) is 10.5. The minimum atomic E-state index is -0.585. The van der Waals surface area contributed by atoms with Crippen molar-refractivity contribution < 1.29 is 14.5 Å². The molecule has 0 radical (unpaired) electrons. The molecule has 2 aromatic carbocycles. The number of para-hydroxylation sites is 1. The number of aromatic nitrogens is 3. The largest absolute Gasteiger partial charge is 0.494 e. The van der Waals surface area contributed by atoms with Gasteiger partial charge in [-0.05, 0) is 38.6 Å². The molecule has 12 heteroatoms. The average molecular weight is 571 g/mol. The van der Waals surface area contributed by atoms with Crippen LogP contribution < -0.4 is 20.7 Å². The first-order valence-electron chi connectivity index (χ1n) is 13.6. The first-order chi connectivity index (χ1) is 20.2. The number of anilines is 3. The molecule has 5 rings (SSSR count). The third-order valence-electron chi connectivity index (χ3n) is 7.36. The third kappa shape index (κ3) is 5.75. The molecule has 1 aliphatic heterocycles. The molecule has 3 N–H and O–H groups in total. The van der Waals surface area contributed by atoms with Gasteiger partial charge in [0.05, 0.1) is 28.9 Å². The molecule has 3 heterocycles. The molecule has 218 valence electrons. The van der Waals surface area contributed by atoms with Crippen LogP contribution in [0, 0.1) is 10.1 Å². The lowest BCUT2D eigenvalue weighted by atomic mass is 10.0. The fraction of sp³-hybridized carbons (Fsp3) is 0.300. The summed E-state index contributed by atoms with van der Waals surface area (Å²) in [6, 6.07) is 9.32. The van der Waals surface area contributed by atoms with E-state index in [0.717, 1.165) is 36.9 Å². The molecule has 0 spiro atoms. The molecule has 1 amide bonds. The molecule has 2 aromatic heterocycles. The van der Waals surface area contributed by atoms with Crippen molar-refractivity contribution in [1.29, 1.82) is 0 Å². The zero-order valence-electron chi connectivity index (χ0n) is 24.1. The molecule has 12 nitrogen and oxygen atoms in total. The summed E-state index contributed by atoms with van der Waals surface area (Å²) in [7, 11) is 7.21. The Kier molecular flexibility index (Phi) is 8.07. The van der Waals surface area contributed by atoms with Crippen LogP contribution in [0.2, 0.25) is 0 Å². The fourth-order valence-electron chi connectivity index (χ4n) is 5.27. The standard InChI is InChI=1S/C30H34N8O4/c1-35(2)13-14-36(3)24-16-26(42-4)23(15-25(24)38(40)41)33-30-32-17-20(10-11-27(31)39)28(34-30)22-18-37-12-6-8-19-7-5-9-21(22)29(19)37/h5,7,9-11,15-18H,6,8,12-14H2,1-4H3,(H2,31,39)(H,32,33,34)/b11-10+. The summed E-state index contributed by atoms with van der Waals surface area (Å²) in [5.74, 6) is 0.0372.